The molecule has 0 saturated carbocycles. The second kappa shape index (κ2) is 6.21. The van der Waals surface area contributed by atoms with Crippen molar-refractivity contribution in [2.24, 2.45) is 0 Å². The van der Waals surface area contributed by atoms with E-state index in [-0.39, 0.29) is 18.0 Å². The third-order valence-corrected chi connectivity index (χ3v) is 4.44. The topological polar surface area (TPSA) is 100 Å². The molecule has 2 heterocycles. The number of aliphatic hydroxyl groups excluding tert-OH is 1. The summed E-state index contributed by atoms with van der Waals surface area (Å²) in [7, 11) is -3.55. The first-order valence-corrected chi connectivity index (χ1v) is 7.82. The summed E-state index contributed by atoms with van der Waals surface area (Å²) in [6.45, 7) is 2.61. The molecule has 110 valence electrons. The summed E-state index contributed by atoms with van der Waals surface area (Å²) in [5.41, 5.74) is 1.45. The largest absolute Gasteiger partial charge is 0.390 e. The first-order chi connectivity index (χ1) is 9.56. The van der Waals surface area contributed by atoms with Gasteiger partial charge in [0.15, 0.2) is 0 Å². The zero-order valence-electron chi connectivity index (χ0n) is 11.2. The van der Waals surface area contributed by atoms with E-state index in [1.54, 1.807) is 17.1 Å². The van der Waals surface area contributed by atoms with Crippen LogP contribution in [-0.2, 0) is 29.6 Å². The number of rotatable bonds is 7. The Bertz CT molecular complexity index is 625. The van der Waals surface area contributed by atoms with Crippen molar-refractivity contribution in [3.8, 4) is 0 Å². The standard InChI is InChI=1S/C12H18N4O3S/c1-2-16-7-12(5-11(16)8-17)20(18,19)15-4-3-10-6-13-9-14-10/h5-7,9,15,17H,2-4,8H2,1H3,(H,13,14). The van der Waals surface area contributed by atoms with E-state index < -0.39 is 10.0 Å². The Kier molecular flexibility index (Phi) is 4.58. The van der Waals surface area contributed by atoms with Gasteiger partial charge in [-0.25, -0.2) is 18.1 Å². The lowest BCUT2D eigenvalue weighted by Gasteiger charge is -2.03. The van der Waals surface area contributed by atoms with Crippen LogP contribution in [0.25, 0.3) is 0 Å². The van der Waals surface area contributed by atoms with Gasteiger partial charge in [0.1, 0.15) is 0 Å². The van der Waals surface area contributed by atoms with E-state index in [0.29, 0.717) is 18.7 Å². The van der Waals surface area contributed by atoms with E-state index in [9.17, 15) is 13.5 Å². The first-order valence-electron chi connectivity index (χ1n) is 6.33. The Hall–Kier alpha value is -1.64. The minimum Gasteiger partial charge on any atom is -0.390 e. The third-order valence-electron chi connectivity index (χ3n) is 3.02. The predicted octanol–water partition coefficient (Wildman–Crippen LogP) is 0.244. The molecule has 8 heteroatoms. The Morgan fingerprint density at radius 3 is 2.85 bits per heavy atom. The van der Waals surface area contributed by atoms with Crippen molar-refractivity contribution in [2.45, 2.75) is 31.4 Å². The minimum absolute atomic E-state index is 0.174. The second-order valence-corrected chi connectivity index (χ2v) is 6.10. The molecule has 0 fully saturated rings. The summed E-state index contributed by atoms with van der Waals surface area (Å²) in [6, 6.07) is 1.49. The quantitative estimate of drug-likeness (QED) is 0.682. The Balaban J connectivity index is 2.04. The van der Waals surface area contributed by atoms with Crippen molar-refractivity contribution in [3.05, 3.63) is 36.2 Å². The highest BCUT2D eigenvalue weighted by Gasteiger charge is 2.17. The van der Waals surface area contributed by atoms with Gasteiger partial charge in [-0.15, -0.1) is 0 Å². The van der Waals surface area contributed by atoms with Gasteiger partial charge in [-0.1, -0.05) is 0 Å². The molecule has 7 nitrogen and oxygen atoms in total. The van der Waals surface area contributed by atoms with Crippen LogP contribution in [0.15, 0.2) is 29.7 Å². The average Bonchev–Trinajstić information content (AvgIpc) is 3.07. The molecule has 2 rings (SSSR count). The predicted molar refractivity (Wildman–Crippen MR) is 73.5 cm³/mol. The molecular weight excluding hydrogens is 280 g/mol. The molecule has 0 saturated heterocycles. The number of hydrogen-bond acceptors (Lipinski definition) is 4. The molecule has 20 heavy (non-hydrogen) atoms. The zero-order valence-corrected chi connectivity index (χ0v) is 12.0. The van der Waals surface area contributed by atoms with E-state index in [1.165, 1.54) is 12.3 Å². The fraction of sp³-hybridized carbons (Fsp3) is 0.417. The van der Waals surface area contributed by atoms with Crippen LogP contribution in [0.5, 0.6) is 0 Å². The lowest BCUT2D eigenvalue weighted by atomic mass is 10.3. The van der Waals surface area contributed by atoms with Crippen LogP contribution in [-0.4, -0.2) is 34.6 Å². The van der Waals surface area contributed by atoms with E-state index >= 15 is 0 Å². The summed E-state index contributed by atoms with van der Waals surface area (Å²) in [5.74, 6) is 0. The van der Waals surface area contributed by atoms with Crippen LogP contribution >= 0.6 is 0 Å². The Morgan fingerprint density at radius 2 is 2.30 bits per heavy atom. The maximum Gasteiger partial charge on any atom is 0.242 e. The average molecular weight is 298 g/mol. The number of nitrogens with zero attached hydrogens (tertiary/aromatic N) is 2. The smallest absolute Gasteiger partial charge is 0.242 e. The number of aliphatic hydroxyl groups is 1. The van der Waals surface area contributed by atoms with E-state index in [2.05, 4.69) is 14.7 Å². The van der Waals surface area contributed by atoms with Crippen LogP contribution in [0.1, 0.15) is 18.3 Å². The second-order valence-electron chi connectivity index (χ2n) is 4.34. The van der Waals surface area contributed by atoms with Crippen LogP contribution in [0.3, 0.4) is 0 Å². The number of aryl methyl sites for hydroxylation is 1. The monoisotopic (exact) mass is 298 g/mol. The lowest BCUT2D eigenvalue weighted by molar-refractivity contribution is 0.271. The number of sulfonamides is 1. The van der Waals surface area contributed by atoms with Crippen molar-refractivity contribution < 1.29 is 13.5 Å². The first kappa shape index (κ1) is 14.8. The molecule has 0 bridgehead atoms. The van der Waals surface area contributed by atoms with Crippen molar-refractivity contribution in [2.75, 3.05) is 6.54 Å². The maximum atomic E-state index is 12.1. The summed E-state index contributed by atoms with van der Waals surface area (Å²) in [5, 5.41) is 9.18. The molecule has 2 aromatic heterocycles. The van der Waals surface area contributed by atoms with Crippen LogP contribution in [0, 0.1) is 0 Å². The molecule has 3 N–H and O–H groups in total. The van der Waals surface area contributed by atoms with Crippen molar-refractivity contribution >= 4 is 10.0 Å². The van der Waals surface area contributed by atoms with E-state index in [1.807, 2.05) is 6.92 Å². The number of aromatic amines is 1. The molecule has 0 atom stereocenters. The summed E-state index contributed by atoms with van der Waals surface area (Å²) >= 11 is 0. The normalized spacial score (nSPS) is 11.9. The molecule has 0 unspecified atom stereocenters. The molecular formula is C12H18N4O3S. The van der Waals surface area contributed by atoms with Gasteiger partial charge in [0.25, 0.3) is 0 Å². The number of H-pyrrole nitrogens is 1. The number of hydrogen-bond donors (Lipinski definition) is 3. The van der Waals surface area contributed by atoms with Crippen molar-refractivity contribution in [1.29, 1.82) is 0 Å². The molecule has 0 aliphatic heterocycles. The number of aromatic nitrogens is 3. The van der Waals surface area contributed by atoms with Gasteiger partial charge in [-0.2, -0.15) is 0 Å². The van der Waals surface area contributed by atoms with Gasteiger partial charge < -0.3 is 14.7 Å². The minimum atomic E-state index is -3.55. The van der Waals surface area contributed by atoms with Crippen LogP contribution < -0.4 is 4.72 Å². The fourth-order valence-electron chi connectivity index (χ4n) is 1.92. The summed E-state index contributed by atoms with van der Waals surface area (Å²) < 4.78 is 28.5. The third kappa shape index (κ3) is 3.27. The van der Waals surface area contributed by atoms with Gasteiger partial charge in [0, 0.05) is 43.3 Å². The number of nitrogens with one attached hydrogen (secondary N) is 2. The highest BCUT2D eigenvalue weighted by atomic mass is 32.2. The number of imidazole rings is 1. The van der Waals surface area contributed by atoms with Gasteiger partial charge in [-0.3, -0.25) is 0 Å². The van der Waals surface area contributed by atoms with Crippen molar-refractivity contribution in [1.82, 2.24) is 19.3 Å². The molecule has 2 aromatic rings. The molecule has 0 aliphatic carbocycles. The van der Waals surface area contributed by atoms with E-state index in [4.69, 9.17) is 0 Å². The van der Waals surface area contributed by atoms with Crippen molar-refractivity contribution in [3.63, 3.8) is 0 Å². The highest BCUT2D eigenvalue weighted by molar-refractivity contribution is 7.89. The molecule has 0 aliphatic rings. The van der Waals surface area contributed by atoms with Gasteiger partial charge in [-0.05, 0) is 13.0 Å². The van der Waals surface area contributed by atoms with Gasteiger partial charge >= 0.3 is 0 Å². The van der Waals surface area contributed by atoms with Gasteiger partial charge in [0.2, 0.25) is 10.0 Å². The molecule has 0 spiro atoms. The van der Waals surface area contributed by atoms with E-state index in [0.717, 1.165) is 5.69 Å². The molecule has 0 amide bonds. The summed E-state index contributed by atoms with van der Waals surface area (Å²) in [4.78, 5) is 6.95. The van der Waals surface area contributed by atoms with Crippen LogP contribution in [0.4, 0.5) is 0 Å². The fourth-order valence-corrected chi connectivity index (χ4v) is 3.02. The molecule has 0 radical (unpaired) electrons. The Labute approximate surface area is 117 Å². The Morgan fingerprint density at radius 1 is 1.50 bits per heavy atom. The van der Waals surface area contributed by atoms with Crippen LogP contribution in [0.2, 0.25) is 0 Å². The molecule has 0 aromatic carbocycles. The maximum absolute atomic E-state index is 12.1. The van der Waals surface area contributed by atoms with Gasteiger partial charge in [0.05, 0.1) is 17.8 Å². The highest BCUT2D eigenvalue weighted by Crippen LogP contribution is 2.14. The summed E-state index contributed by atoms with van der Waals surface area (Å²) in [6.07, 6.45) is 5.29. The lowest BCUT2D eigenvalue weighted by Crippen LogP contribution is -2.25. The zero-order chi connectivity index (χ0) is 14.6. The SMILES string of the molecule is CCn1cc(S(=O)(=O)NCCc2cnc[nH]2)cc1CO.